The maximum atomic E-state index is 12.9. The van der Waals surface area contributed by atoms with E-state index in [2.05, 4.69) is 9.71 Å². The third-order valence-corrected chi connectivity index (χ3v) is 7.43. The summed E-state index contributed by atoms with van der Waals surface area (Å²) in [5, 5.41) is 1.68. The number of thiophene rings is 1. The highest BCUT2D eigenvalue weighted by molar-refractivity contribution is 7.94. The molecule has 1 N–H and O–H groups in total. The molecular weight excluding hydrogens is 457 g/mol. The molecule has 0 unspecified atom stereocenters. The Labute approximate surface area is 187 Å². The number of aryl methyl sites for hydroxylation is 1. The van der Waals surface area contributed by atoms with Gasteiger partial charge in [-0.25, -0.2) is 13.4 Å². The lowest BCUT2D eigenvalue weighted by atomic mass is 10.0. The fraction of sp³-hybridized carbons (Fsp3) is 0.0870. The largest absolute Gasteiger partial charge is 0.416 e. The monoisotopic (exact) mass is 474 g/mol. The Morgan fingerprint density at radius 3 is 2.19 bits per heavy atom. The van der Waals surface area contributed by atoms with E-state index >= 15 is 0 Å². The summed E-state index contributed by atoms with van der Waals surface area (Å²) in [5.74, 6) is 0. The van der Waals surface area contributed by atoms with Gasteiger partial charge in [0, 0.05) is 16.8 Å². The molecule has 32 heavy (non-hydrogen) atoms. The van der Waals surface area contributed by atoms with Crippen molar-refractivity contribution < 1.29 is 21.6 Å². The lowest BCUT2D eigenvalue weighted by Crippen LogP contribution is -2.11. The second-order valence-electron chi connectivity index (χ2n) is 7.11. The van der Waals surface area contributed by atoms with Gasteiger partial charge in [-0.3, -0.25) is 4.72 Å². The van der Waals surface area contributed by atoms with Gasteiger partial charge in [0.15, 0.2) is 0 Å². The van der Waals surface area contributed by atoms with Crippen molar-refractivity contribution in [3.05, 3.63) is 89.3 Å². The zero-order chi connectivity index (χ0) is 22.9. The number of aromatic nitrogens is 1. The SMILES string of the molecule is Cc1cc(-c2ccc(C(F)(F)F)cc2)nc(-c2cccc(NS(=O)(=O)c3cccs3)c2)c1. The highest BCUT2D eigenvalue weighted by atomic mass is 32.2. The Balaban J connectivity index is 1.66. The molecular formula is C23H17F3N2O2S2. The van der Waals surface area contributed by atoms with E-state index < -0.39 is 21.8 Å². The second kappa shape index (κ2) is 8.40. The molecule has 0 aliphatic rings. The molecule has 0 amide bonds. The lowest BCUT2D eigenvalue weighted by Gasteiger charge is -2.11. The van der Waals surface area contributed by atoms with E-state index in [0.29, 0.717) is 28.2 Å². The molecule has 2 aromatic carbocycles. The lowest BCUT2D eigenvalue weighted by molar-refractivity contribution is -0.137. The van der Waals surface area contributed by atoms with Crippen LogP contribution in [0.1, 0.15) is 11.1 Å². The van der Waals surface area contributed by atoms with Crippen molar-refractivity contribution in [2.75, 3.05) is 4.72 Å². The average molecular weight is 475 g/mol. The Morgan fingerprint density at radius 2 is 1.56 bits per heavy atom. The van der Waals surface area contributed by atoms with Crippen LogP contribution in [0.2, 0.25) is 0 Å². The quantitative estimate of drug-likeness (QED) is 0.354. The number of sulfonamides is 1. The maximum absolute atomic E-state index is 12.9. The van der Waals surface area contributed by atoms with Crippen LogP contribution in [-0.4, -0.2) is 13.4 Å². The van der Waals surface area contributed by atoms with Crippen LogP contribution in [0.25, 0.3) is 22.5 Å². The molecule has 4 nitrogen and oxygen atoms in total. The van der Waals surface area contributed by atoms with Crippen molar-refractivity contribution in [3.8, 4) is 22.5 Å². The molecule has 9 heteroatoms. The van der Waals surface area contributed by atoms with Crippen LogP contribution in [0.5, 0.6) is 0 Å². The molecule has 0 aliphatic carbocycles. The minimum absolute atomic E-state index is 0.209. The number of alkyl halides is 3. The Bertz CT molecular complexity index is 1350. The molecule has 0 saturated heterocycles. The van der Waals surface area contributed by atoms with Gasteiger partial charge in [0.05, 0.1) is 17.0 Å². The molecule has 0 fully saturated rings. The van der Waals surface area contributed by atoms with Crippen LogP contribution in [0.4, 0.5) is 18.9 Å². The Hall–Kier alpha value is -3.17. The highest BCUT2D eigenvalue weighted by Gasteiger charge is 2.30. The first kappa shape index (κ1) is 22.0. The maximum Gasteiger partial charge on any atom is 0.416 e. The molecule has 0 aliphatic heterocycles. The van der Waals surface area contributed by atoms with E-state index in [1.54, 1.807) is 41.8 Å². The van der Waals surface area contributed by atoms with Crippen LogP contribution in [0.15, 0.2) is 82.4 Å². The summed E-state index contributed by atoms with van der Waals surface area (Å²) in [5.41, 5.74) is 2.87. The normalized spacial score (nSPS) is 12.0. The fourth-order valence-corrected chi connectivity index (χ4v) is 5.20. The van der Waals surface area contributed by atoms with Crippen molar-refractivity contribution in [2.24, 2.45) is 0 Å². The number of benzene rings is 2. The molecule has 4 aromatic rings. The van der Waals surface area contributed by atoms with Crippen molar-refractivity contribution in [2.45, 2.75) is 17.3 Å². The molecule has 164 valence electrons. The number of pyridine rings is 1. The number of halogens is 3. The van der Waals surface area contributed by atoms with E-state index in [0.717, 1.165) is 29.0 Å². The number of nitrogens with one attached hydrogen (secondary N) is 1. The van der Waals surface area contributed by atoms with Gasteiger partial charge < -0.3 is 0 Å². The van der Waals surface area contributed by atoms with Gasteiger partial charge in [-0.1, -0.05) is 30.3 Å². The van der Waals surface area contributed by atoms with Crippen LogP contribution in [0.3, 0.4) is 0 Å². The third-order valence-electron chi connectivity index (χ3n) is 4.65. The van der Waals surface area contributed by atoms with E-state index in [-0.39, 0.29) is 4.21 Å². The molecule has 0 radical (unpaired) electrons. The first-order valence-corrected chi connectivity index (χ1v) is 11.8. The molecule has 0 atom stereocenters. The minimum Gasteiger partial charge on any atom is -0.279 e. The number of rotatable bonds is 5. The van der Waals surface area contributed by atoms with Gasteiger partial charge in [-0.15, -0.1) is 11.3 Å². The van der Waals surface area contributed by atoms with Crippen LogP contribution < -0.4 is 4.72 Å². The van der Waals surface area contributed by atoms with Crippen molar-refractivity contribution in [3.63, 3.8) is 0 Å². The van der Waals surface area contributed by atoms with Gasteiger partial charge in [-0.2, -0.15) is 13.2 Å². The molecule has 0 saturated carbocycles. The third kappa shape index (κ3) is 4.84. The van der Waals surface area contributed by atoms with Crippen molar-refractivity contribution in [1.82, 2.24) is 4.98 Å². The summed E-state index contributed by atoms with van der Waals surface area (Å²) < 4.78 is 66.3. The summed E-state index contributed by atoms with van der Waals surface area (Å²) in [6.07, 6.45) is -4.40. The summed E-state index contributed by atoms with van der Waals surface area (Å²) >= 11 is 1.12. The zero-order valence-electron chi connectivity index (χ0n) is 16.7. The van der Waals surface area contributed by atoms with Crippen LogP contribution >= 0.6 is 11.3 Å². The molecule has 0 spiro atoms. The molecule has 0 bridgehead atoms. The smallest absolute Gasteiger partial charge is 0.279 e. The van der Waals surface area contributed by atoms with E-state index in [9.17, 15) is 21.6 Å². The van der Waals surface area contributed by atoms with Gasteiger partial charge in [-0.05, 0) is 60.3 Å². The summed E-state index contributed by atoms with van der Waals surface area (Å²) in [4.78, 5) is 4.60. The predicted molar refractivity (Wildman–Crippen MR) is 120 cm³/mol. The highest BCUT2D eigenvalue weighted by Crippen LogP contribution is 2.32. The standard InChI is InChI=1S/C23H17F3N2O2S2/c1-15-12-20(16-7-9-18(10-8-16)23(24,25)26)27-21(13-15)17-4-2-5-19(14-17)28-32(29,30)22-6-3-11-31-22/h2-14,28H,1H3. The fourth-order valence-electron chi connectivity index (χ4n) is 3.16. The number of anilines is 1. The molecule has 2 heterocycles. The van der Waals surface area contributed by atoms with Gasteiger partial charge in [0.2, 0.25) is 0 Å². The van der Waals surface area contributed by atoms with Gasteiger partial charge in [0.25, 0.3) is 10.0 Å². The van der Waals surface area contributed by atoms with Gasteiger partial charge >= 0.3 is 6.18 Å². The van der Waals surface area contributed by atoms with Gasteiger partial charge in [0.1, 0.15) is 4.21 Å². The topological polar surface area (TPSA) is 59.1 Å². The Morgan fingerprint density at radius 1 is 0.875 bits per heavy atom. The molecule has 2 aromatic heterocycles. The Kier molecular flexibility index (Phi) is 5.79. The van der Waals surface area contributed by atoms with Crippen molar-refractivity contribution >= 4 is 27.0 Å². The summed E-state index contributed by atoms with van der Waals surface area (Å²) in [7, 11) is -3.69. The second-order valence-corrected chi connectivity index (χ2v) is 9.97. The van der Waals surface area contributed by atoms with Crippen LogP contribution in [-0.2, 0) is 16.2 Å². The van der Waals surface area contributed by atoms with Crippen molar-refractivity contribution in [1.29, 1.82) is 0 Å². The number of hydrogen-bond donors (Lipinski definition) is 1. The number of hydrogen-bond acceptors (Lipinski definition) is 4. The first-order valence-electron chi connectivity index (χ1n) is 9.45. The zero-order valence-corrected chi connectivity index (χ0v) is 18.4. The number of nitrogens with zero attached hydrogens (tertiary/aromatic N) is 1. The van der Waals surface area contributed by atoms with Crippen LogP contribution in [0, 0.1) is 6.92 Å². The van der Waals surface area contributed by atoms with E-state index in [1.165, 1.54) is 18.2 Å². The van der Waals surface area contributed by atoms with E-state index in [4.69, 9.17) is 0 Å². The molecule has 4 rings (SSSR count). The first-order chi connectivity index (χ1) is 15.1. The summed E-state index contributed by atoms with van der Waals surface area (Å²) in [6.45, 7) is 1.86. The predicted octanol–water partition coefficient (Wildman–Crippen LogP) is 6.61. The average Bonchev–Trinajstić information content (AvgIpc) is 3.29. The summed E-state index contributed by atoms with van der Waals surface area (Å²) in [6, 6.07) is 18.5. The van der Waals surface area contributed by atoms with E-state index in [1.807, 2.05) is 13.0 Å². The minimum atomic E-state index is -4.40.